The molecule has 0 aliphatic rings. The first-order valence-electron chi connectivity index (χ1n) is 5.27. The molecule has 1 N–H and O–H groups in total. The van der Waals surface area contributed by atoms with E-state index in [1.807, 2.05) is 11.4 Å². The Morgan fingerprint density at radius 3 is 2.87 bits per heavy atom. The lowest BCUT2D eigenvalue weighted by Gasteiger charge is -2.20. The van der Waals surface area contributed by atoms with Crippen LogP contribution in [0.5, 0.6) is 0 Å². The smallest absolute Gasteiger partial charge is 0.0558 e. The minimum Gasteiger partial charge on any atom is -0.308 e. The number of likely N-dealkylation sites (N-methyl/N-ethyl adjacent to an activating group) is 1. The molecule has 0 saturated heterocycles. The van der Waals surface area contributed by atoms with Crippen molar-refractivity contribution in [1.29, 1.82) is 0 Å². The van der Waals surface area contributed by atoms with Gasteiger partial charge in [-0.05, 0) is 32.0 Å². The Balaban J connectivity index is 2.28. The minimum atomic E-state index is 0.494. The Hall–Kier alpha value is -0.0900. The van der Waals surface area contributed by atoms with Crippen LogP contribution in [-0.4, -0.2) is 31.1 Å². The maximum absolute atomic E-state index is 6.02. The topological polar surface area (TPSA) is 15.3 Å². The second kappa shape index (κ2) is 6.48. The van der Waals surface area contributed by atoms with E-state index in [9.17, 15) is 0 Å². The van der Waals surface area contributed by atoms with E-state index in [0.29, 0.717) is 6.04 Å². The van der Waals surface area contributed by atoms with Crippen LogP contribution in [-0.2, 0) is 6.54 Å². The van der Waals surface area contributed by atoms with Crippen LogP contribution in [0, 0.1) is 0 Å². The van der Waals surface area contributed by atoms with Gasteiger partial charge in [0.15, 0.2) is 0 Å². The second-order valence-corrected chi connectivity index (χ2v) is 5.24. The van der Waals surface area contributed by atoms with E-state index in [1.165, 1.54) is 4.88 Å². The number of hydrogen-bond donors (Lipinski definition) is 1. The van der Waals surface area contributed by atoms with Gasteiger partial charge in [0.1, 0.15) is 0 Å². The van der Waals surface area contributed by atoms with Crippen LogP contribution in [0.2, 0.25) is 5.02 Å². The summed E-state index contributed by atoms with van der Waals surface area (Å²) in [6.45, 7) is 7.40. The van der Waals surface area contributed by atoms with E-state index >= 15 is 0 Å². The predicted molar refractivity (Wildman–Crippen MR) is 68.8 cm³/mol. The molecule has 0 aliphatic heterocycles. The van der Waals surface area contributed by atoms with Crippen molar-refractivity contribution in [3.63, 3.8) is 0 Å². The third-order valence-electron chi connectivity index (χ3n) is 2.43. The molecule has 0 saturated carbocycles. The van der Waals surface area contributed by atoms with Crippen LogP contribution in [0.3, 0.4) is 0 Å². The van der Waals surface area contributed by atoms with Crippen LogP contribution in [0.15, 0.2) is 11.4 Å². The van der Waals surface area contributed by atoms with Crippen molar-refractivity contribution >= 4 is 22.9 Å². The van der Waals surface area contributed by atoms with Crippen molar-refractivity contribution in [2.24, 2.45) is 0 Å². The van der Waals surface area contributed by atoms with Gasteiger partial charge in [0, 0.05) is 24.0 Å². The van der Waals surface area contributed by atoms with E-state index in [2.05, 4.69) is 31.1 Å². The summed E-state index contributed by atoms with van der Waals surface area (Å²) in [5, 5.41) is 6.38. The monoisotopic (exact) mass is 246 g/mol. The minimum absolute atomic E-state index is 0.494. The van der Waals surface area contributed by atoms with Crippen molar-refractivity contribution in [2.45, 2.75) is 26.4 Å². The molecule has 1 atom stereocenters. The molecule has 86 valence electrons. The first-order valence-corrected chi connectivity index (χ1v) is 6.53. The third-order valence-corrected chi connectivity index (χ3v) is 3.81. The normalized spacial score (nSPS) is 13.4. The molecule has 0 amide bonds. The van der Waals surface area contributed by atoms with Crippen LogP contribution < -0.4 is 5.32 Å². The zero-order chi connectivity index (χ0) is 11.3. The Morgan fingerprint density at radius 1 is 1.60 bits per heavy atom. The number of halogens is 1. The fourth-order valence-electron chi connectivity index (χ4n) is 1.38. The lowest BCUT2D eigenvalue weighted by Crippen LogP contribution is -2.36. The molecule has 1 unspecified atom stereocenters. The van der Waals surface area contributed by atoms with E-state index in [1.54, 1.807) is 11.3 Å². The van der Waals surface area contributed by atoms with E-state index in [0.717, 1.165) is 24.7 Å². The molecule has 1 heterocycles. The van der Waals surface area contributed by atoms with Crippen molar-refractivity contribution < 1.29 is 0 Å². The molecule has 0 radical (unpaired) electrons. The highest BCUT2D eigenvalue weighted by Gasteiger charge is 2.06. The molecular formula is C11H19ClN2S. The summed E-state index contributed by atoms with van der Waals surface area (Å²) in [6.07, 6.45) is 0. The highest BCUT2D eigenvalue weighted by molar-refractivity contribution is 7.10. The number of nitrogens with one attached hydrogen (secondary N) is 1. The molecule has 0 fully saturated rings. The lowest BCUT2D eigenvalue weighted by molar-refractivity contribution is 0.310. The average Bonchev–Trinajstić information content (AvgIpc) is 2.61. The number of nitrogens with zero attached hydrogens (tertiary/aromatic N) is 1. The number of hydrogen-bond acceptors (Lipinski definition) is 3. The zero-order valence-corrected chi connectivity index (χ0v) is 11.2. The molecular weight excluding hydrogens is 228 g/mol. The maximum Gasteiger partial charge on any atom is 0.0558 e. The maximum atomic E-state index is 6.02. The Morgan fingerprint density at radius 2 is 2.33 bits per heavy atom. The molecule has 2 nitrogen and oxygen atoms in total. The van der Waals surface area contributed by atoms with Gasteiger partial charge in [0.05, 0.1) is 5.02 Å². The Bertz CT molecular complexity index is 288. The Kier molecular flexibility index (Phi) is 5.61. The molecule has 1 aromatic rings. The largest absolute Gasteiger partial charge is 0.308 e. The summed E-state index contributed by atoms with van der Waals surface area (Å²) in [6, 6.07) is 2.44. The molecule has 0 spiro atoms. The lowest BCUT2D eigenvalue weighted by atomic mass is 10.3. The van der Waals surface area contributed by atoms with Gasteiger partial charge >= 0.3 is 0 Å². The SMILES string of the molecule is CCN(C)CC(C)NCc1sccc1Cl. The number of rotatable bonds is 6. The van der Waals surface area contributed by atoms with Crippen LogP contribution >= 0.6 is 22.9 Å². The first kappa shape index (κ1) is 13.0. The fourth-order valence-corrected chi connectivity index (χ4v) is 2.43. The van der Waals surface area contributed by atoms with Crippen LogP contribution in [0.25, 0.3) is 0 Å². The van der Waals surface area contributed by atoms with Gasteiger partial charge in [0.25, 0.3) is 0 Å². The number of thiophene rings is 1. The highest BCUT2D eigenvalue weighted by Crippen LogP contribution is 2.21. The summed E-state index contributed by atoms with van der Waals surface area (Å²) in [7, 11) is 2.14. The highest BCUT2D eigenvalue weighted by atomic mass is 35.5. The van der Waals surface area contributed by atoms with Crippen molar-refractivity contribution in [1.82, 2.24) is 10.2 Å². The van der Waals surface area contributed by atoms with Crippen LogP contribution in [0.1, 0.15) is 18.7 Å². The second-order valence-electron chi connectivity index (χ2n) is 3.83. The summed E-state index contributed by atoms with van der Waals surface area (Å²) in [5.41, 5.74) is 0. The van der Waals surface area contributed by atoms with Gasteiger partial charge in [-0.3, -0.25) is 0 Å². The summed E-state index contributed by atoms with van der Waals surface area (Å²) in [4.78, 5) is 3.52. The first-order chi connectivity index (χ1) is 7.13. The molecule has 1 rings (SSSR count). The quantitative estimate of drug-likeness (QED) is 0.831. The van der Waals surface area contributed by atoms with Gasteiger partial charge < -0.3 is 10.2 Å². The van der Waals surface area contributed by atoms with Crippen molar-refractivity contribution in [2.75, 3.05) is 20.1 Å². The summed E-state index contributed by atoms with van der Waals surface area (Å²) < 4.78 is 0. The van der Waals surface area contributed by atoms with Gasteiger partial charge in [-0.25, -0.2) is 0 Å². The van der Waals surface area contributed by atoms with Crippen LogP contribution in [0.4, 0.5) is 0 Å². The van der Waals surface area contributed by atoms with E-state index in [4.69, 9.17) is 11.6 Å². The summed E-state index contributed by atoms with van der Waals surface area (Å²) >= 11 is 7.72. The van der Waals surface area contributed by atoms with Crippen molar-refractivity contribution in [3.8, 4) is 0 Å². The van der Waals surface area contributed by atoms with Gasteiger partial charge in [-0.2, -0.15) is 0 Å². The summed E-state index contributed by atoms with van der Waals surface area (Å²) in [5.74, 6) is 0. The fraction of sp³-hybridized carbons (Fsp3) is 0.636. The van der Waals surface area contributed by atoms with Gasteiger partial charge in [0.2, 0.25) is 0 Å². The molecule has 0 bridgehead atoms. The average molecular weight is 247 g/mol. The Labute approximate surface area is 101 Å². The van der Waals surface area contributed by atoms with Gasteiger partial charge in [-0.1, -0.05) is 18.5 Å². The molecule has 15 heavy (non-hydrogen) atoms. The molecule has 1 aromatic heterocycles. The standard InChI is InChI=1S/C11H19ClN2S/c1-4-14(3)8-9(2)13-7-11-10(12)5-6-15-11/h5-6,9,13H,4,7-8H2,1-3H3. The molecule has 4 heteroatoms. The molecule has 0 aromatic carbocycles. The third kappa shape index (κ3) is 4.51. The molecule has 0 aliphatic carbocycles. The van der Waals surface area contributed by atoms with Gasteiger partial charge in [-0.15, -0.1) is 11.3 Å². The van der Waals surface area contributed by atoms with Crippen molar-refractivity contribution in [3.05, 3.63) is 21.3 Å². The van der Waals surface area contributed by atoms with E-state index < -0.39 is 0 Å². The zero-order valence-electron chi connectivity index (χ0n) is 9.59. The predicted octanol–water partition coefficient (Wildman–Crippen LogP) is 2.83. The van der Waals surface area contributed by atoms with E-state index in [-0.39, 0.29) is 0 Å².